The normalized spacial score (nSPS) is 21.2. The number of carbonyl (C=O) groups is 1. The van der Waals surface area contributed by atoms with Crippen LogP contribution in [0.5, 0.6) is 0 Å². The van der Waals surface area contributed by atoms with Crippen molar-refractivity contribution >= 4 is 23.2 Å². The molecule has 2 N–H and O–H groups in total. The van der Waals surface area contributed by atoms with Crippen LogP contribution < -0.4 is 10.8 Å². The molecule has 0 unspecified atom stereocenters. The summed E-state index contributed by atoms with van der Waals surface area (Å²) in [6.45, 7) is -0.0357. The van der Waals surface area contributed by atoms with Crippen LogP contribution in [0.25, 0.3) is 17.0 Å². The van der Waals surface area contributed by atoms with Crippen molar-refractivity contribution in [3.8, 4) is 11.3 Å². The molecular formula is C28H24ClF4N3O2. The summed E-state index contributed by atoms with van der Waals surface area (Å²) < 4.78 is 53.6. The maximum Gasteiger partial charge on any atom is 0.433 e. The molecule has 5 nitrogen and oxygen atoms in total. The van der Waals surface area contributed by atoms with E-state index >= 15 is 0 Å². The van der Waals surface area contributed by atoms with Gasteiger partial charge in [-0.2, -0.15) is 13.2 Å². The molecule has 10 heteroatoms. The van der Waals surface area contributed by atoms with Crippen molar-refractivity contribution in [2.45, 2.75) is 44.0 Å². The van der Waals surface area contributed by atoms with Gasteiger partial charge >= 0.3 is 6.18 Å². The molecule has 1 aliphatic carbocycles. The zero-order valence-electron chi connectivity index (χ0n) is 20.1. The van der Waals surface area contributed by atoms with E-state index in [0.717, 1.165) is 23.4 Å². The number of aromatic nitrogens is 1. The van der Waals surface area contributed by atoms with E-state index in [-0.39, 0.29) is 34.6 Å². The molecule has 1 fully saturated rings. The first-order chi connectivity index (χ1) is 18.1. The number of carbonyl (C=O) groups excluding carboxylic acids is 1. The number of hydrogen-bond acceptors (Lipinski definition) is 4. The third kappa shape index (κ3) is 5.54. The van der Waals surface area contributed by atoms with Crippen LogP contribution in [0.2, 0.25) is 5.02 Å². The maximum absolute atomic E-state index is 13.7. The Labute approximate surface area is 221 Å². The van der Waals surface area contributed by atoms with Gasteiger partial charge in [-0.15, -0.1) is 0 Å². The Balaban J connectivity index is 1.26. The number of hydrogen-bond donors (Lipinski definition) is 2. The number of amides is 1. The second-order valence-corrected chi connectivity index (χ2v) is 9.92. The number of halogens is 5. The van der Waals surface area contributed by atoms with Crippen LogP contribution in [0.1, 0.15) is 42.5 Å². The molecule has 38 heavy (non-hydrogen) atoms. The minimum atomic E-state index is -4.66. The quantitative estimate of drug-likeness (QED) is 0.351. The SMILES string of the molecule is O=C(NCc1ccc(C(F)(F)F)nc1-c1ccc(F)c(Cl)c1)C1CCC2(C=C(c3ccccc3)NO2)CC1. The first kappa shape index (κ1) is 26.2. The molecule has 0 saturated heterocycles. The van der Waals surface area contributed by atoms with Gasteiger partial charge in [-0.05, 0) is 67.2 Å². The summed E-state index contributed by atoms with van der Waals surface area (Å²) in [6, 6.07) is 15.6. The van der Waals surface area contributed by atoms with E-state index in [0.29, 0.717) is 31.2 Å². The van der Waals surface area contributed by atoms with Crippen LogP contribution in [0.3, 0.4) is 0 Å². The van der Waals surface area contributed by atoms with E-state index in [2.05, 4.69) is 21.9 Å². The summed E-state index contributed by atoms with van der Waals surface area (Å²) in [5.74, 6) is -1.15. The number of pyridine rings is 1. The topological polar surface area (TPSA) is 63.2 Å². The van der Waals surface area contributed by atoms with Gasteiger partial charge in [-0.1, -0.05) is 48.0 Å². The molecule has 1 amide bonds. The average Bonchev–Trinajstić information content (AvgIpc) is 3.32. The van der Waals surface area contributed by atoms with Gasteiger partial charge < -0.3 is 5.32 Å². The highest BCUT2D eigenvalue weighted by Gasteiger charge is 2.41. The van der Waals surface area contributed by atoms with Crippen molar-refractivity contribution in [2.24, 2.45) is 5.92 Å². The molecule has 2 aromatic carbocycles. The highest BCUT2D eigenvalue weighted by Crippen LogP contribution is 2.40. The summed E-state index contributed by atoms with van der Waals surface area (Å²) in [6.07, 6.45) is -0.102. The van der Waals surface area contributed by atoms with E-state index in [1.165, 1.54) is 18.2 Å². The number of benzene rings is 2. The molecule has 1 aromatic heterocycles. The summed E-state index contributed by atoms with van der Waals surface area (Å²) in [5, 5.41) is 2.60. The van der Waals surface area contributed by atoms with E-state index < -0.39 is 23.3 Å². The number of nitrogens with one attached hydrogen (secondary N) is 2. The summed E-state index contributed by atoms with van der Waals surface area (Å²) >= 11 is 5.86. The van der Waals surface area contributed by atoms with Crippen molar-refractivity contribution in [1.82, 2.24) is 15.8 Å². The van der Waals surface area contributed by atoms with E-state index in [9.17, 15) is 22.4 Å². The molecule has 5 rings (SSSR count). The van der Waals surface area contributed by atoms with Crippen molar-refractivity contribution in [2.75, 3.05) is 0 Å². The zero-order valence-corrected chi connectivity index (χ0v) is 20.9. The molecular weight excluding hydrogens is 522 g/mol. The molecule has 1 aliphatic heterocycles. The minimum Gasteiger partial charge on any atom is -0.352 e. The van der Waals surface area contributed by atoms with Crippen LogP contribution in [0.4, 0.5) is 17.6 Å². The first-order valence-corrected chi connectivity index (χ1v) is 12.5. The largest absolute Gasteiger partial charge is 0.433 e. The lowest BCUT2D eigenvalue weighted by atomic mass is 9.78. The highest BCUT2D eigenvalue weighted by molar-refractivity contribution is 6.31. The van der Waals surface area contributed by atoms with Crippen molar-refractivity contribution in [3.63, 3.8) is 0 Å². The third-order valence-electron chi connectivity index (χ3n) is 6.97. The Morgan fingerprint density at radius 3 is 2.50 bits per heavy atom. The lowest BCUT2D eigenvalue weighted by Crippen LogP contribution is -2.39. The van der Waals surface area contributed by atoms with Gasteiger partial charge in [0.15, 0.2) is 0 Å². The standard InChI is InChI=1S/C28H24ClF4N3O2/c29-21-14-19(6-8-22(21)30)25-20(7-9-24(35-25)28(31,32)33)16-34-26(37)18-10-12-27(13-11-18)15-23(36-38-27)17-4-2-1-3-5-17/h1-9,14-15,18,36H,10-13,16H2,(H,34,37). The van der Waals surface area contributed by atoms with Crippen LogP contribution in [-0.4, -0.2) is 16.5 Å². The summed E-state index contributed by atoms with van der Waals surface area (Å²) in [4.78, 5) is 22.7. The molecule has 0 radical (unpaired) electrons. The van der Waals surface area contributed by atoms with Crippen LogP contribution in [0, 0.1) is 11.7 Å². The van der Waals surface area contributed by atoms with E-state index in [1.54, 1.807) is 0 Å². The number of nitrogens with zero attached hydrogens (tertiary/aromatic N) is 1. The molecule has 0 bridgehead atoms. The van der Waals surface area contributed by atoms with Gasteiger partial charge in [0, 0.05) is 18.0 Å². The fourth-order valence-electron chi connectivity index (χ4n) is 4.86. The lowest BCUT2D eigenvalue weighted by molar-refractivity contribution is -0.141. The van der Waals surface area contributed by atoms with E-state index in [4.69, 9.17) is 16.4 Å². The lowest BCUT2D eigenvalue weighted by Gasteiger charge is -2.33. The Morgan fingerprint density at radius 1 is 1.08 bits per heavy atom. The predicted octanol–water partition coefficient (Wildman–Crippen LogP) is 6.68. The Bertz CT molecular complexity index is 1370. The van der Waals surface area contributed by atoms with Gasteiger partial charge in [0.1, 0.15) is 17.1 Å². The van der Waals surface area contributed by atoms with Gasteiger partial charge in [0.2, 0.25) is 5.91 Å². The van der Waals surface area contributed by atoms with Crippen LogP contribution in [-0.2, 0) is 22.4 Å². The highest BCUT2D eigenvalue weighted by atomic mass is 35.5. The number of rotatable bonds is 5. The predicted molar refractivity (Wildman–Crippen MR) is 135 cm³/mol. The Morgan fingerprint density at radius 2 is 1.82 bits per heavy atom. The molecule has 2 heterocycles. The maximum atomic E-state index is 13.7. The molecule has 198 valence electrons. The van der Waals surface area contributed by atoms with Gasteiger partial charge in [0.25, 0.3) is 0 Å². The molecule has 2 aliphatic rings. The van der Waals surface area contributed by atoms with Crippen LogP contribution >= 0.6 is 11.6 Å². The Kier molecular flexibility index (Phi) is 7.15. The fraction of sp³-hybridized carbons (Fsp3) is 0.286. The Hall–Kier alpha value is -3.43. The molecule has 1 spiro atoms. The third-order valence-corrected chi connectivity index (χ3v) is 7.26. The summed E-state index contributed by atoms with van der Waals surface area (Å²) in [5.41, 5.74) is 3.92. The molecule has 3 aromatic rings. The van der Waals surface area contributed by atoms with Crippen molar-refractivity contribution < 1.29 is 27.2 Å². The van der Waals surface area contributed by atoms with Crippen molar-refractivity contribution in [3.05, 3.63) is 94.4 Å². The number of hydroxylamine groups is 1. The molecule has 1 saturated carbocycles. The van der Waals surface area contributed by atoms with Gasteiger partial charge in [0.05, 0.1) is 16.4 Å². The van der Waals surface area contributed by atoms with Gasteiger partial charge in [-0.3, -0.25) is 15.1 Å². The molecule has 0 atom stereocenters. The van der Waals surface area contributed by atoms with Crippen molar-refractivity contribution in [1.29, 1.82) is 0 Å². The minimum absolute atomic E-state index is 0.0198. The smallest absolute Gasteiger partial charge is 0.352 e. The fourth-order valence-corrected chi connectivity index (χ4v) is 5.04. The number of alkyl halides is 3. The summed E-state index contributed by atoms with van der Waals surface area (Å²) in [7, 11) is 0. The first-order valence-electron chi connectivity index (χ1n) is 12.2. The zero-order chi connectivity index (χ0) is 26.9. The van der Waals surface area contributed by atoms with Crippen LogP contribution in [0.15, 0.2) is 66.7 Å². The van der Waals surface area contributed by atoms with E-state index in [1.807, 2.05) is 30.3 Å². The van der Waals surface area contributed by atoms with Gasteiger partial charge in [-0.25, -0.2) is 9.37 Å². The second-order valence-electron chi connectivity index (χ2n) is 9.52. The average molecular weight is 546 g/mol. The monoisotopic (exact) mass is 545 g/mol. The second kappa shape index (κ2) is 10.4.